The molecule has 1 atom stereocenters. The molecule has 1 aliphatic heterocycles. The quantitative estimate of drug-likeness (QED) is 0.453. The molecular weight excluding hydrogens is 460 g/mol. The van der Waals surface area contributed by atoms with Crippen molar-refractivity contribution >= 4 is 50.4 Å². The molecule has 0 fully saturated rings. The minimum atomic E-state index is -3.49. The van der Waals surface area contributed by atoms with E-state index in [9.17, 15) is 8.42 Å². The van der Waals surface area contributed by atoms with Crippen LogP contribution in [0.15, 0.2) is 48.0 Å². The summed E-state index contributed by atoms with van der Waals surface area (Å²) in [6, 6.07) is 9.07. The average molecular weight is 479 g/mol. The van der Waals surface area contributed by atoms with Crippen LogP contribution in [0.5, 0.6) is 0 Å². The lowest BCUT2D eigenvalue weighted by atomic mass is 10.1. The van der Waals surface area contributed by atoms with Crippen LogP contribution in [0, 0.1) is 0 Å². The van der Waals surface area contributed by atoms with Gasteiger partial charge >= 0.3 is 0 Å². The molecule has 0 spiro atoms. The Kier molecular flexibility index (Phi) is 6.15. The number of benzene rings is 1. The topological polar surface area (TPSA) is 84.8 Å². The Morgan fingerprint density at radius 2 is 2.07 bits per heavy atom. The lowest BCUT2D eigenvalue weighted by Crippen LogP contribution is -2.23. The first-order chi connectivity index (χ1) is 14.3. The third-order valence-corrected chi connectivity index (χ3v) is 9.30. The first kappa shape index (κ1) is 21.3. The Hall–Kier alpha value is -1.94. The Morgan fingerprint density at radius 3 is 2.77 bits per heavy atom. The third-order valence-electron chi connectivity index (χ3n) is 4.39. The fraction of sp³-hybridized carbons (Fsp3) is 0.250. The summed E-state index contributed by atoms with van der Waals surface area (Å²) in [5.41, 5.74) is 2.75. The number of rotatable bonds is 6. The molecule has 30 heavy (non-hydrogen) atoms. The summed E-state index contributed by atoms with van der Waals surface area (Å²) in [5, 5.41) is 2.96. The van der Waals surface area contributed by atoms with Gasteiger partial charge in [0.25, 0.3) is 0 Å². The molecule has 3 aromatic rings. The van der Waals surface area contributed by atoms with Crippen molar-refractivity contribution < 1.29 is 8.42 Å². The molecular formula is C20H19ClN4O2S3. The van der Waals surface area contributed by atoms with Crippen LogP contribution in [-0.2, 0) is 10.0 Å². The van der Waals surface area contributed by atoms with Gasteiger partial charge in [-0.2, -0.15) is 0 Å². The van der Waals surface area contributed by atoms with Crippen LogP contribution in [0.2, 0.25) is 5.28 Å². The molecule has 3 heterocycles. The normalized spacial score (nSPS) is 16.3. The Balaban J connectivity index is 1.73. The van der Waals surface area contributed by atoms with E-state index in [1.165, 1.54) is 11.8 Å². The van der Waals surface area contributed by atoms with Crippen LogP contribution in [0.1, 0.15) is 31.2 Å². The molecule has 1 aliphatic rings. The standard InChI is InChI=1S/C20H19ClN4O2S3/c1-12(2)19-24-17(18(29-19)15-8-9-22-20(21)23-15)13-5-3-6-14(11-13)25-30(26,27)16-7-4-10-28-16/h3-6,8-12,16,25H,7H2,1-2H3. The number of hydrogen-bond acceptors (Lipinski definition) is 7. The summed E-state index contributed by atoms with van der Waals surface area (Å²) in [7, 11) is -3.49. The summed E-state index contributed by atoms with van der Waals surface area (Å²) in [4.78, 5) is 14.0. The zero-order valence-corrected chi connectivity index (χ0v) is 19.4. The Bertz CT molecular complexity index is 1200. The molecule has 0 saturated carbocycles. The van der Waals surface area contributed by atoms with Gasteiger partial charge in [0.1, 0.15) is 4.58 Å². The summed E-state index contributed by atoms with van der Waals surface area (Å²) < 4.78 is 27.5. The van der Waals surface area contributed by atoms with E-state index < -0.39 is 14.6 Å². The van der Waals surface area contributed by atoms with Gasteiger partial charge in [-0.1, -0.05) is 32.1 Å². The van der Waals surface area contributed by atoms with Gasteiger partial charge in [-0.05, 0) is 41.6 Å². The minimum absolute atomic E-state index is 0.169. The van der Waals surface area contributed by atoms with E-state index in [-0.39, 0.29) is 11.2 Å². The maximum Gasteiger partial charge on any atom is 0.245 e. The van der Waals surface area contributed by atoms with Crippen LogP contribution in [0.25, 0.3) is 21.8 Å². The molecule has 1 unspecified atom stereocenters. The van der Waals surface area contributed by atoms with Gasteiger partial charge in [-0.25, -0.2) is 23.4 Å². The number of halogens is 1. The highest BCUT2D eigenvalue weighted by Gasteiger charge is 2.27. The summed E-state index contributed by atoms with van der Waals surface area (Å²) in [6.07, 6.45) is 3.98. The first-order valence-corrected chi connectivity index (χ1v) is 12.9. The van der Waals surface area contributed by atoms with Crippen molar-refractivity contribution in [2.75, 3.05) is 4.72 Å². The fourth-order valence-corrected chi connectivity index (χ4v) is 6.64. The van der Waals surface area contributed by atoms with Gasteiger partial charge in [0.05, 0.1) is 21.3 Å². The second-order valence-electron chi connectivity index (χ2n) is 7.00. The summed E-state index contributed by atoms with van der Waals surface area (Å²) in [6.45, 7) is 4.16. The van der Waals surface area contributed by atoms with Gasteiger partial charge in [-0.15, -0.1) is 23.1 Å². The lowest BCUT2D eigenvalue weighted by Gasteiger charge is -2.13. The van der Waals surface area contributed by atoms with Crippen LogP contribution in [-0.4, -0.2) is 28.0 Å². The Labute approximate surface area is 188 Å². The molecule has 0 saturated heterocycles. The lowest BCUT2D eigenvalue weighted by molar-refractivity contribution is 0.598. The van der Waals surface area contributed by atoms with Crippen molar-refractivity contribution in [1.82, 2.24) is 15.0 Å². The zero-order valence-electron chi connectivity index (χ0n) is 16.2. The number of nitrogens with one attached hydrogen (secondary N) is 1. The second kappa shape index (κ2) is 8.66. The molecule has 1 aromatic carbocycles. The van der Waals surface area contributed by atoms with Gasteiger partial charge in [-0.3, -0.25) is 4.72 Å². The molecule has 10 heteroatoms. The second-order valence-corrected chi connectivity index (χ2v) is 11.6. The van der Waals surface area contributed by atoms with Crippen molar-refractivity contribution in [3.63, 3.8) is 0 Å². The van der Waals surface area contributed by atoms with E-state index in [4.69, 9.17) is 16.6 Å². The summed E-state index contributed by atoms with van der Waals surface area (Å²) in [5.74, 6) is 0.244. The van der Waals surface area contributed by atoms with Gasteiger partial charge < -0.3 is 0 Å². The molecule has 6 nitrogen and oxygen atoms in total. The maximum atomic E-state index is 12.7. The van der Waals surface area contributed by atoms with Gasteiger partial charge in [0.2, 0.25) is 15.3 Å². The van der Waals surface area contributed by atoms with Crippen LogP contribution in [0.4, 0.5) is 5.69 Å². The monoisotopic (exact) mass is 478 g/mol. The van der Waals surface area contributed by atoms with E-state index in [0.717, 1.165) is 21.1 Å². The smallest absolute Gasteiger partial charge is 0.245 e. The Morgan fingerprint density at radius 1 is 1.23 bits per heavy atom. The number of nitrogens with zero attached hydrogens (tertiary/aromatic N) is 3. The van der Waals surface area contributed by atoms with Crippen molar-refractivity contribution in [2.45, 2.75) is 30.8 Å². The average Bonchev–Trinajstić information content (AvgIpc) is 3.39. The molecule has 0 radical (unpaired) electrons. The molecule has 156 valence electrons. The minimum Gasteiger partial charge on any atom is -0.283 e. The number of allylic oxidation sites excluding steroid dienone is 1. The molecule has 1 N–H and O–H groups in total. The number of sulfonamides is 1. The molecule has 0 aliphatic carbocycles. The van der Waals surface area contributed by atoms with E-state index in [1.807, 2.05) is 23.6 Å². The van der Waals surface area contributed by atoms with E-state index >= 15 is 0 Å². The molecule has 0 bridgehead atoms. The molecule has 2 aromatic heterocycles. The van der Waals surface area contributed by atoms with Crippen molar-refractivity contribution in [3.8, 4) is 21.8 Å². The maximum absolute atomic E-state index is 12.7. The number of thioether (sulfide) groups is 1. The molecule has 4 rings (SSSR count). The SMILES string of the molecule is CC(C)c1nc(-c2cccc(NS(=O)(=O)C3CC=CS3)c2)c(-c2ccnc(Cl)n2)s1. The predicted molar refractivity (Wildman–Crippen MR) is 125 cm³/mol. The van der Waals surface area contributed by atoms with Gasteiger partial charge in [0, 0.05) is 23.4 Å². The van der Waals surface area contributed by atoms with Crippen molar-refractivity contribution in [1.29, 1.82) is 0 Å². The fourth-order valence-electron chi connectivity index (χ4n) is 2.94. The predicted octanol–water partition coefficient (Wildman–Crippen LogP) is 5.76. The van der Waals surface area contributed by atoms with Crippen LogP contribution < -0.4 is 4.72 Å². The van der Waals surface area contributed by atoms with Crippen molar-refractivity contribution in [2.24, 2.45) is 0 Å². The largest absolute Gasteiger partial charge is 0.283 e. The highest BCUT2D eigenvalue weighted by atomic mass is 35.5. The highest BCUT2D eigenvalue weighted by molar-refractivity contribution is 8.15. The van der Waals surface area contributed by atoms with Gasteiger partial charge in [0.15, 0.2) is 0 Å². The number of thiazole rings is 1. The van der Waals surface area contributed by atoms with Crippen LogP contribution >= 0.6 is 34.7 Å². The van der Waals surface area contributed by atoms with E-state index in [2.05, 4.69) is 28.5 Å². The highest BCUT2D eigenvalue weighted by Crippen LogP contribution is 2.39. The van der Waals surface area contributed by atoms with Crippen molar-refractivity contribution in [3.05, 3.63) is 58.3 Å². The number of aromatic nitrogens is 3. The van der Waals surface area contributed by atoms with E-state index in [1.54, 1.807) is 35.7 Å². The summed E-state index contributed by atoms with van der Waals surface area (Å²) >= 11 is 8.86. The van der Waals surface area contributed by atoms with Crippen LogP contribution in [0.3, 0.4) is 0 Å². The first-order valence-electron chi connectivity index (χ1n) is 9.25. The number of anilines is 1. The molecule has 0 amide bonds. The number of hydrogen-bond donors (Lipinski definition) is 1. The van der Waals surface area contributed by atoms with E-state index in [0.29, 0.717) is 17.8 Å². The zero-order chi connectivity index (χ0) is 21.3. The third kappa shape index (κ3) is 4.54.